The van der Waals surface area contributed by atoms with Gasteiger partial charge in [-0.1, -0.05) is 6.92 Å². The van der Waals surface area contributed by atoms with Gasteiger partial charge in [0, 0.05) is 32.1 Å². The summed E-state index contributed by atoms with van der Waals surface area (Å²) in [4.78, 5) is 14.1. The molecule has 0 aromatic heterocycles. The van der Waals surface area contributed by atoms with Crippen molar-refractivity contribution < 1.29 is 17.9 Å². The van der Waals surface area contributed by atoms with Crippen LogP contribution in [-0.4, -0.2) is 56.3 Å². The normalized spacial score (nSPS) is 19.3. The van der Waals surface area contributed by atoms with Gasteiger partial charge in [-0.2, -0.15) is 4.31 Å². The standard InChI is InChI=1S/C17H24N2O4S/c1-2-13-23-15-5-7-16(8-6-15)24(21,22)19-11-9-18(10-12-19)17(20)14-3-4-14/h5-8,14H,2-4,9-13H2,1H3. The number of carbonyl (C=O) groups excluding carboxylic acids is 1. The Bertz CT molecular complexity index is 675. The summed E-state index contributed by atoms with van der Waals surface area (Å²) in [7, 11) is -3.51. The molecule has 0 radical (unpaired) electrons. The smallest absolute Gasteiger partial charge is 0.243 e. The molecule has 1 saturated heterocycles. The number of benzene rings is 1. The maximum Gasteiger partial charge on any atom is 0.243 e. The highest BCUT2D eigenvalue weighted by molar-refractivity contribution is 7.89. The van der Waals surface area contributed by atoms with Crippen molar-refractivity contribution in [1.82, 2.24) is 9.21 Å². The van der Waals surface area contributed by atoms with Crippen LogP contribution in [0.25, 0.3) is 0 Å². The van der Waals surface area contributed by atoms with Crippen LogP contribution in [0.1, 0.15) is 26.2 Å². The van der Waals surface area contributed by atoms with Crippen LogP contribution in [0.5, 0.6) is 5.75 Å². The Hall–Kier alpha value is -1.60. The molecule has 132 valence electrons. The predicted octanol–water partition coefficient (Wildman–Crippen LogP) is 1.72. The first-order valence-corrected chi connectivity index (χ1v) is 9.98. The Morgan fingerprint density at radius 3 is 2.29 bits per heavy atom. The predicted molar refractivity (Wildman–Crippen MR) is 90.3 cm³/mol. The van der Waals surface area contributed by atoms with E-state index in [1.807, 2.05) is 6.92 Å². The molecule has 1 aliphatic carbocycles. The SMILES string of the molecule is CCCOc1ccc(S(=O)(=O)N2CCN(C(=O)C3CC3)CC2)cc1. The van der Waals surface area contributed by atoms with Crippen LogP contribution in [0.2, 0.25) is 0 Å². The van der Waals surface area contributed by atoms with E-state index in [9.17, 15) is 13.2 Å². The van der Waals surface area contributed by atoms with Crippen molar-refractivity contribution in [3.8, 4) is 5.75 Å². The molecule has 1 aliphatic heterocycles. The lowest BCUT2D eigenvalue weighted by atomic mass is 10.3. The molecule has 1 aromatic rings. The van der Waals surface area contributed by atoms with Gasteiger partial charge >= 0.3 is 0 Å². The lowest BCUT2D eigenvalue weighted by Crippen LogP contribution is -2.50. The van der Waals surface area contributed by atoms with Crippen LogP contribution in [0.3, 0.4) is 0 Å². The first kappa shape index (κ1) is 17.2. The van der Waals surface area contributed by atoms with E-state index in [2.05, 4.69) is 0 Å². The molecule has 24 heavy (non-hydrogen) atoms. The zero-order valence-electron chi connectivity index (χ0n) is 14.0. The van der Waals surface area contributed by atoms with Crippen LogP contribution in [0, 0.1) is 5.92 Å². The molecule has 1 amide bonds. The zero-order valence-corrected chi connectivity index (χ0v) is 14.8. The molecule has 7 heteroatoms. The lowest BCUT2D eigenvalue weighted by molar-refractivity contribution is -0.133. The molecule has 3 rings (SSSR count). The Labute approximate surface area is 143 Å². The minimum absolute atomic E-state index is 0.184. The van der Waals surface area contributed by atoms with E-state index in [4.69, 9.17) is 4.74 Å². The maximum absolute atomic E-state index is 12.7. The molecular weight excluding hydrogens is 328 g/mol. The van der Waals surface area contributed by atoms with Crippen LogP contribution in [-0.2, 0) is 14.8 Å². The number of hydrogen-bond donors (Lipinski definition) is 0. The summed E-state index contributed by atoms with van der Waals surface area (Å²) < 4.78 is 32.4. The fourth-order valence-electron chi connectivity index (χ4n) is 2.81. The van der Waals surface area contributed by atoms with E-state index in [0.717, 1.165) is 19.3 Å². The minimum Gasteiger partial charge on any atom is -0.494 e. The van der Waals surface area contributed by atoms with Crippen molar-refractivity contribution in [3.63, 3.8) is 0 Å². The number of nitrogens with zero attached hydrogens (tertiary/aromatic N) is 2. The number of ether oxygens (including phenoxy) is 1. The van der Waals surface area contributed by atoms with Crippen LogP contribution in [0.4, 0.5) is 0 Å². The Balaban J connectivity index is 1.62. The molecule has 0 spiro atoms. The van der Waals surface area contributed by atoms with E-state index in [0.29, 0.717) is 38.5 Å². The number of rotatable bonds is 6. The van der Waals surface area contributed by atoms with E-state index in [1.54, 1.807) is 29.2 Å². The van der Waals surface area contributed by atoms with Gasteiger partial charge < -0.3 is 9.64 Å². The van der Waals surface area contributed by atoms with Gasteiger partial charge in [-0.25, -0.2) is 8.42 Å². The van der Waals surface area contributed by atoms with Crippen LogP contribution >= 0.6 is 0 Å². The molecule has 0 bridgehead atoms. The first-order valence-electron chi connectivity index (χ1n) is 8.54. The number of piperazine rings is 1. The molecule has 2 aliphatic rings. The molecular formula is C17H24N2O4S. The number of carbonyl (C=O) groups is 1. The fourth-order valence-corrected chi connectivity index (χ4v) is 4.24. The van der Waals surface area contributed by atoms with Gasteiger partial charge in [0.1, 0.15) is 5.75 Å². The summed E-state index contributed by atoms with van der Waals surface area (Å²) in [6, 6.07) is 6.55. The molecule has 0 atom stereocenters. The van der Waals surface area contributed by atoms with Gasteiger partial charge in [-0.15, -0.1) is 0 Å². The van der Waals surface area contributed by atoms with Gasteiger partial charge in [-0.3, -0.25) is 4.79 Å². The van der Waals surface area contributed by atoms with Gasteiger partial charge in [0.05, 0.1) is 11.5 Å². The summed E-state index contributed by atoms with van der Waals surface area (Å²) >= 11 is 0. The average molecular weight is 352 g/mol. The van der Waals surface area contributed by atoms with Crippen molar-refractivity contribution in [2.75, 3.05) is 32.8 Å². The quantitative estimate of drug-likeness (QED) is 0.782. The van der Waals surface area contributed by atoms with Gasteiger partial charge in [0.2, 0.25) is 15.9 Å². The van der Waals surface area contributed by atoms with Crippen molar-refractivity contribution in [2.24, 2.45) is 5.92 Å². The van der Waals surface area contributed by atoms with Gasteiger partial charge in [0.25, 0.3) is 0 Å². The monoisotopic (exact) mass is 352 g/mol. The van der Waals surface area contributed by atoms with Crippen molar-refractivity contribution in [3.05, 3.63) is 24.3 Å². The van der Waals surface area contributed by atoms with Gasteiger partial charge in [-0.05, 0) is 43.5 Å². The average Bonchev–Trinajstić information content (AvgIpc) is 3.45. The van der Waals surface area contributed by atoms with Crippen molar-refractivity contribution >= 4 is 15.9 Å². The number of sulfonamides is 1. The Morgan fingerprint density at radius 2 is 1.75 bits per heavy atom. The number of hydrogen-bond acceptors (Lipinski definition) is 4. The second-order valence-corrected chi connectivity index (χ2v) is 8.26. The van der Waals surface area contributed by atoms with Gasteiger partial charge in [0.15, 0.2) is 0 Å². The molecule has 2 fully saturated rings. The van der Waals surface area contributed by atoms with E-state index in [-0.39, 0.29) is 16.7 Å². The Morgan fingerprint density at radius 1 is 1.12 bits per heavy atom. The third kappa shape index (κ3) is 3.72. The minimum atomic E-state index is -3.51. The van der Waals surface area contributed by atoms with Crippen molar-refractivity contribution in [2.45, 2.75) is 31.1 Å². The summed E-state index contributed by atoms with van der Waals surface area (Å²) in [5.74, 6) is 1.05. The third-order valence-electron chi connectivity index (χ3n) is 4.41. The van der Waals surface area contributed by atoms with Crippen LogP contribution in [0.15, 0.2) is 29.2 Å². The molecule has 0 N–H and O–H groups in total. The summed E-state index contributed by atoms with van der Waals surface area (Å²) in [5, 5.41) is 0. The third-order valence-corrected chi connectivity index (χ3v) is 6.32. The summed E-state index contributed by atoms with van der Waals surface area (Å²) in [6.45, 7) is 4.30. The first-order chi connectivity index (χ1) is 11.5. The highest BCUT2D eigenvalue weighted by atomic mass is 32.2. The fraction of sp³-hybridized carbons (Fsp3) is 0.588. The topological polar surface area (TPSA) is 66.9 Å². The zero-order chi connectivity index (χ0) is 17.2. The molecule has 6 nitrogen and oxygen atoms in total. The highest BCUT2D eigenvalue weighted by Crippen LogP contribution is 2.31. The Kier molecular flexibility index (Phi) is 5.10. The highest BCUT2D eigenvalue weighted by Gasteiger charge is 2.36. The van der Waals surface area contributed by atoms with Crippen molar-refractivity contribution in [1.29, 1.82) is 0 Å². The molecule has 1 aromatic carbocycles. The van der Waals surface area contributed by atoms with Crippen LogP contribution < -0.4 is 4.74 Å². The largest absolute Gasteiger partial charge is 0.494 e. The number of amides is 1. The summed E-state index contributed by atoms with van der Waals surface area (Å²) in [6.07, 6.45) is 2.86. The van der Waals surface area contributed by atoms with E-state index >= 15 is 0 Å². The lowest BCUT2D eigenvalue weighted by Gasteiger charge is -2.34. The second kappa shape index (κ2) is 7.11. The summed E-state index contributed by atoms with van der Waals surface area (Å²) in [5.41, 5.74) is 0. The molecule has 0 unspecified atom stereocenters. The second-order valence-electron chi connectivity index (χ2n) is 6.32. The maximum atomic E-state index is 12.7. The van der Waals surface area contributed by atoms with E-state index in [1.165, 1.54) is 4.31 Å². The molecule has 1 saturated carbocycles. The molecule has 1 heterocycles. The van der Waals surface area contributed by atoms with E-state index < -0.39 is 10.0 Å².